The molecule has 8 aromatic carbocycles. The number of fused-ring (bicyclic) bond motifs is 3. The summed E-state index contributed by atoms with van der Waals surface area (Å²) in [4.78, 5) is 2.43. The zero-order chi connectivity index (χ0) is 35.9. The Hall–Kier alpha value is -6.44. The van der Waals surface area contributed by atoms with E-state index in [1.54, 1.807) is 0 Å². The summed E-state index contributed by atoms with van der Waals surface area (Å²) in [6.45, 7) is 7.00. The van der Waals surface area contributed by atoms with Crippen LogP contribution in [0.25, 0.3) is 55.6 Å². The Morgan fingerprint density at radius 1 is 0.340 bits per heavy atom. The summed E-state index contributed by atoms with van der Waals surface area (Å²) < 4.78 is 0. The van der Waals surface area contributed by atoms with Crippen molar-refractivity contribution in [2.24, 2.45) is 0 Å². The first-order valence-corrected chi connectivity index (χ1v) is 18.5. The highest BCUT2D eigenvalue weighted by molar-refractivity contribution is 5.90. The Balaban J connectivity index is 1.14. The summed E-state index contributed by atoms with van der Waals surface area (Å²) in [6, 6.07) is 70.8. The average molecular weight is 680 g/mol. The predicted octanol–water partition coefficient (Wildman–Crippen LogP) is 14.4. The minimum Gasteiger partial charge on any atom is -0.310 e. The van der Waals surface area contributed by atoms with Gasteiger partial charge in [0, 0.05) is 22.5 Å². The molecule has 0 fully saturated rings. The fraction of sp³-hybridized carbons (Fsp3) is 0.0769. The molecule has 1 aliphatic rings. The maximum atomic E-state index is 2.43. The smallest absolute Gasteiger partial charge is 0.0491 e. The summed E-state index contributed by atoms with van der Waals surface area (Å²) in [5.41, 5.74) is 19.7. The fourth-order valence-corrected chi connectivity index (χ4v) is 8.21. The topological polar surface area (TPSA) is 3.24 Å². The van der Waals surface area contributed by atoms with Gasteiger partial charge < -0.3 is 4.90 Å². The van der Waals surface area contributed by atoms with Gasteiger partial charge in [0.05, 0.1) is 0 Å². The molecule has 0 bridgehead atoms. The highest BCUT2D eigenvalue weighted by Crippen LogP contribution is 2.52. The zero-order valence-electron chi connectivity index (χ0n) is 30.4. The van der Waals surface area contributed by atoms with Crippen LogP contribution in [0.3, 0.4) is 0 Å². The molecule has 0 N–H and O–H groups in total. The Bertz CT molecular complexity index is 2560. The molecule has 0 saturated heterocycles. The van der Waals surface area contributed by atoms with Crippen molar-refractivity contribution >= 4 is 17.1 Å². The van der Waals surface area contributed by atoms with Gasteiger partial charge in [-0.1, -0.05) is 166 Å². The van der Waals surface area contributed by atoms with E-state index in [-0.39, 0.29) is 5.41 Å². The molecule has 8 aromatic rings. The fourth-order valence-electron chi connectivity index (χ4n) is 8.21. The molecule has 0 aliphatic heterocycles. The lowest BCUT2D eigenvalue weighted by Crippen LogP contribution is -2.17. The molecular formula is C52H41N. The summed E-state index contributed by atoms with van der Waals surface area (Å²) in [7, 11) is 0. The van der Waals surface area contributed by atoms with E-state index in [4.69, 9.17) is 0 Å². The van der Waals surface area contributed by atoms with Gasteiger partial charge in [0.2, 0.25) is 0 Å². The van der Waals surface area contributed by atoms with Crippen molar-refractivity contribution in [2.45, 2.75) is 26.2 Å². The molecule has 0 atom stereocenters. The van der Waals surface area contributed by atoms with Crippen molar-refractivity contribution in [3.05, 3.63) is 211 Å². The van der Waals surface area contributed by atoms with E-state index in [0.717, 1.165) is 11.4 Å². The molecule has 1 aliphatic carbocycles. The van der Waals surface area contributed by atoms with Crippen molar-refractivity contribution in [3.8, 4) is 55.6 Å². The highest BCUT2D eigenvalue weighted by atomic mass is 15.1. The third-order valence-electron chi connectivity index (χ3n) is 11.0. The molecule has 1 heteroatoms. The second kappa shape index (κ2) is 13.3. The molecule has 254 valence electrons. The molecule has 9 rings (SSSR count). The quantitative estimate of drug-likeness (QED) is 0.162. The van der Waals surface area contributed by atoms with E-state index < -0.39 is 0 Å². The number of aryl methyl sites for hydroxylation is 1. The largest absolute Gasteiger partial charge is 0.310 e. The SMILES string of the molecule is Cc1cc(-c2ccccc2)ccc1N(c1ccc(-c2ccccc2)cc1)c1ccc2c(c1)C(C)(C)c1cc(-c3ccccc3-c3ccccc3)ccc1-2. The Kier molecular flexibility index (Phi) is 8.13. The van der Waals surface area contributed by atoms with Crippen LogP contribution in [0.2, 0.25) is 0 Å². The first kappa shape index (κ1) is 32.5. The maximum Gasteiger partial charge on any atom is 0.0491 e. The molecule has 0 amide bonds. The number of anilines is 3. The van der Waals surface area contributed by atoms with Gasteiger partial charge in [0.25, 0.3) is 0 Å². The van der Waals surface area contributed by atoms with Crippen molar-refractivity contribution in [1.29, 1.82) is 0 Å². The first-order chi connectivity index (χ1) is 26.0. The van der Waals surface area contributed by atoms with Gasteiger partial charge in [-0.25, -0.2) is 0 Å². The average Bonchev–Trinajstić information content (AvgIpc) is 3.44. The zero-order valence-corrected chi connectivity index (χ0v) is 30.4. The Labute approximate surface area is 313 Å². The summed E-state index contributed by atoms with van der Waals surface area (Å²) in [5, 5.41) is 0. The molecular weight excluding hydrogens is 639 g/mol. The van der Waals surface area contributed by atoms with Crippen molar-refractivity contribution in [1.82, 2.24) is 0 Å². The van der Waals surface area contributed by atoms with Gasteiger partial charge in [-0.05, 0) is 122 Å². The number of nitrogens with zero attached hydrogens (tertiary/aromatic N) is 1. The lowest BCUT2D eigenvalue weighted by molar-refractivity contribution is 0.660. The van der Waals surface area contributed by atoms with E-state index in [1.807, 2.05) is 0 Å². The van der Waals surface area contributed by atoms with E-state index in [1.165, 1.54) is 78.0 Å². The van der Waals surface area contributed by atoms with Crippen LogP contribution in [-0.2, 0) is 5.41 Å². The van der Waals surface area contributed by atoms with Gasteiger partial charge in [0.1, 0.15) is 0 Å². The normalized spacial score (nSPS) is 12.6. The van der Waals surface area contributed by atoms with Crippen LogP contribution in [0.15, 0.2) is 194 Å². The summed E-state index contributed by atoms with van der Waals surface area (Å²) in [6.07, 6.45) is 0. The summed E-state index contributed by atoms with van der Waals surface area (Å²) in [5.74, 6) is 0. The minimum atomic E-state index is -0.187. The molecule has 0 saturated carbocycles. The van der Waals surface area contributed by atoms with Crippen molar-refractivity contribution < 1.29 is 0 Å². The molecule has 0 heterocycles. The van der Waals surface area contributed by atoms with E-state index >= 15 is 0 Å². The van der Waals surface area contributed by atoms with Gasteiger partial charge >= 0.3 is 0 Å². The van der Waals surface area contributed by atoms with Crippen LogP contribution in [0.5, 0.6) is 0 Å². The Morgan fingerprint density at radius 3 is 1.42 bits per heavy atom. The van der Waals surface area contributed by atoms with Crippen LogP contribution in [0.4, 0.5) is 17.1 Å². The van der Waals surface area contributed by atoms with Crippen LogP contribution in [0.1, 0.15) is 30.5 Å². The second-order valence-corrected chi connectivity index (χ2v) is 14.6. The molecule has 53 heavy (non-hydrogen) atoms. The number of hydrogen-bond acceptors (Lipinski definition) is 1. The lowest BCUT2D eigenvalue weighted by Gasteiger charge is -2.29. The first-order valence-electron chi connectivity index (χ1n) is 18.5. The monoisotopic (exact) mass is 679 g/mol. The molecule has 0 aromatic heterocycles. The third-order valence-corrected chi connectivity index (χ3v) is 11.0. The van der Waals surface area contributed by atoms with E-state index in [2.05, 4.69) is 220 Å². The standard InChI is InChI=1S/C52H41N/c1-36-33-41(38-17-9-5-10-18-38)26-32-51(36)53(43-27-23-39(24-28-43)37-15-7-4-8-16-37)44-29-31-48-47-30-25-42(34-49(47)52(2,3)50(48)35-44)46-22-14-13-21-45(46)40-19-11-6-12-20-40/h4-35H,1-3H3. The van der Waals surface area contributed by atoms with Crippen molar-refractivity contribution in [2.75, 3.05) is 4.90 Å². The molecule has 0 radical (unpaired) electrons. The van der Waals surface area contributed by atoms with Crippen LogP contribution < -0.4 is 4.90 Å². The van der Waals surface area contributed by atoms with Gasteiger partial charge in [0.15, 0.2) is 0 Å². The number of hydrogen-bond donors (Lipinski definition) is 0. The van der Waals surface area contributed by atoms with E-state index in [9.17, 15) is 0 Å². The third kappa shape index (κ3) is 5.85. The van der Waals surface area contributed by atoms with Gasteiger partial charge in [-0.15, -0.1) is 0 Å². The Morgan fingerprint density at radius 2 is 0.792 bits per heavy atom. The van der Waals surface area contributed by atoms with Crippen molar-refractivity contribution in [3.63, 3.8) is 0 Å². The van der Waals surface area contributed by atoms with Crippen LogP contribution in [-0.4, -0.2) is 0 Å². The predicted molar refractivity (Wildman–Crippen MR) is 225 cm³/mol. The highest BCUT2D eigenvalue weighted by Gasteiger charge is 2.36. The van der Waals surface area contributed by atoms with Crippen LogP contribution in [0, 0.1) is 6.92 Å². The van der Waals surface area contributed by atoms with Crippen LogP contribution >= 0.6 is 0 Å². The summed E-state index contributed by atoms with van der Waals surface area (Å²) >= 11 is 0. The second-order valence-electron chi connectivity index (χ2n) is 14.6. The molecule has 0 spiro atoms. The minimum absolute atomic E-state index is 0.187. The molecule has 0 unspecified atom stereocenters. The van der Waals surface area contributed by atoms with Gasteiger partial charge in [-0.3, -0.25) is 0 Å². The number of benzene rings is 8. The number of rotatable bonds is 7. The molecule has 1 nitrogen and oxygen atoms in total. The van der Waals surface area contributed by atoms with Gasteiger partial charge in [-0.2, -0.15) is 0 Å². The van der Waals surface area contributed by atoms with E-state index in [0.29, 0.717) is 0 Å². The lowest BCUT2D eigenvalue weighted by atomic mass is 9.81. The maximum absolute atomic E-state index is 2.43.